The molecule has 204 valence electrons. The Balaban J connectivity index is 1.14. The number of amides is 2. The number of nitrogens with zero attached hydrogens (tertiary/aromatic N) is 4. The summed E-state index contributed by atoms with van der Waals surface area (Å²) in [5.74, 6) is 1.72. The van der Waals surface area contributed by atoms with Gasteiger partial charge in [-0.3, -0.25) is 18.4 Å². The first-order chi connectivity index (χ1) is 18.9. The molecule has 3 aromatic heterocycles. The number of anilines is 3. The number of thiophene rings is 1. The van der Waals surface area contributed by atoms with Crippen LogP contribution in [-0.2, 0) is 28.4 Å². The molecule has 0 aromatic carbocycles. The van der Waals surface area contributed by atoms with Crippen LogP contribution in [0.1, 0.15) is 65.4 Å². The van der Waals surface area contributed by atoms with E-state index in [0.29, 0.717) is 46.2 Å². The average molecular weight is 566 g/mol. The number of nitrogens with one attached hydrogen (secondary N) is 3. The Labute approximate surface area is 232 Å². The monoisotopic (exact) mass is 565 g/mol. The van der Waals surface area contributed by atoms with E-state index in [0.717, 1.165) is 55.4 Å². The van der Waals surface area contributed by atoms with Gasteiger partial charge in [-0.05, 0) is 80.4 Å². The topological polar surface area (TPSA) is 131 Å². The second-order valence-electron chi connectivity index (χ2n) is 11.4. The predicted molar refractivity (Wildman–Crippen MR) is 149 cm³/mol. The molecular weight excluding hydrogens is 534 g/mol. The number of aryl methyl sites for hydroxylation is 1. The van der Waals surface area contributed by atoms with Crippen LogP contribution in [0.25, 0.3) is 0 Å². The van der Waals surface area contributed by atoms with Crippen molar-refractivity contribution in [2.24, 2.45) is 17.3 Å². The third-order valence-corrected chi connectivity index (χ3v) is 10.6. The first kappa shape index (κ1) is 24.9. The van der Waals surface area contributed by atoms with Gasteiger partial charge in [-0.2, -0.15) is 0 Å². The Hall–Kier alpha value is -3.12. The van der Waals surface area contributed by atoms with Crippen molar-refractivity contribution in [2.75, 3.05) is 23.4 Å². The van der Waals surface area contributed by atoms with Gasteiger partial charge in [-0.25, -0.2) is 4.98 Å². The highest BCUT2D eigenvalue weighted by Crippen LogP contribution is 2.70. The molecule has 0 radical (unpaired) electrons. The molecule has 4 aliphatic carbocycles. The van der Waals surface area contributed by atoms with Crippen molar-refractivity contribution < 1.29 is 13.8 Å². The van der Waals surface area contributed by atoms with Gasteiger partial charge in [0.1, 0.15) is 22.2 Å². The molecule has 1 spiro atoms. The van der Waals surface area contributed by atoms with Crippen LogP contribution in [0.2, 0.25) is 0 Å². The molecule has 3 heterocycles. The lowest BCUT2D eigenvalue weighted by atomic mass is 9.91. The van der Waals surface area contributed by atoms with Crippen molar-refractivity contribution in [2.45, 2.75) is 62.4 Å². The molecule has 0 aliphatic heterocycles. The molecule has 0 bridgehead atoms. The third kappa shape index (κ3) is 4.88. The Morgan fingerprint density at radius 3 is 2.82 bits per heavy atom. The molecule has 3 unspecified atom stereocenters. The summed E-state index contributed by atoms with van der Waals surface area (Å²) in [5, 5.41) is 19.1. The van der Waals surface area contributed by atoms with E-state index in [4.69, 9.17) is 0 Å². The van der Waals surface area contributed by atoms with E-state index < -0.39 is 10.8 Å². The summed E-state index contributed by atoms with van der Waals surface area (Å²) in [7, 11) is -1.19. The number of hydrogen-bond acceptors (Lipinski definition) is 8. The molecule has 3 N–H and O–H groups in total. The molecule has 3 atom stereocenters. The van der Waals surface area contributed by atoms with Gasteiger partial charge in [-0.1, -0.05) is 6.07 Å². The van der Waals surface area contributed by atoms with E-state index in [2.05, 4.69) is 31.1 Å². The maximum atomic E-state index is 13.5. The SMILES string of the molecule is CS(=O)c1cccc(Nc2nncn2C2CCc3sc(NC(=O)C4CC45CC5)c(C(=O)NCC4CC4)c3C2)n1. The molecule has 2 amide bonds. The van der Waals surface area contributed by atoms with Crippen LogP contribution in [0.15, 0.2) is 29.6 Å². The summed E-state index contributed by atoms with van der Waals surface area (Å²) in [4.78, 5) is 32.1. The van der Waals surface area contributed by atoms with Crippen LogP contribution in [0.5, 0.6) is 0 Å². The van der Waals surface area contributed by atoms with Crippen LogP contribution in [-0.4, -0.2) is 48.6 Å². The molecule has 7 rings (SSSR count). The molecule has 12 heteroatoms. The molecule has 0 saturated heterocycles. The minimum Gasteiger partial charge on any atom is -0.352 e. The minimum absolute atomic E-state index is 0.0322. The summed E-state index contributed by atoms with van der Waals surface area (Å²) in [5.41, 5.74) is 1.90. The van der Waals surface area contributed by atoms with Crippen LogP contribution < -0.4 is 16.0 Å². The van der Waals surface area contributed by atoms with Crippen molar-refractivity contribution in [1.29, 1.82) is 0 Å². The normalized spacial score (nSPS) is 23.1. The van der Waals surface area contributed by atoms with Gasteiger partial charge >= 0.3 is 0 Å². The fourth-order valence-corrected chi connectivity index (χ4v) is 7.51. The molecule has 10 nitrogen and oxygen atoms in total. The average Bonchev–Trinajstić information content (AvgIpc) is 3.89. The highest BCUT2D eigenvalue weighted by Gasteiger charge is 2.65. The zero-order chi connectivity index (χ0) is 26.7. The zero-order valence-corrected chi connectivity index (χ0v) is 23.4. The van der Waals surface area contributed by atoms with Crippen molar-refractivity contribution in [3.8, 4) is 0 Å². The Kier molecular flexibility index (Phi) is 6.07. The van der Waals surface area contributed by atoms with Gasteiger partial charge in [0.05, 0.1) is 16.4 Å². The lowest BCUT2D eigenvalue weighted by Gasteiger charge is -2.25. The van der Waals surface area contributed by atoms with Crippen molar-refractivity contribution in [3.05, 3.63) is 40.5 Å². The van der Waals surface area contributed by atoms with Crippen molar-refractivity contribution in [1.82, 2.24) is 25.1 Å². The van der Waals surface area contributed by atoms with E-state index in [1.807, 2.05) is 4.57 Å². The number of rotatable bonds is 9. The molecule has 3 fully saturated rings. The largest absolute Gasteiger partial charge is 0.352 e. The van der Waals surface area contributed by atoms with Gasteiger partial charge in [0.2, 0.25) is 11.9 Å². The van der Waals surface area contributed by atoms with Crippen LogP contribution in [0.3, 0.4) is 0 Å². The van der Waals surface area contributed by atoms with Gasteiger partial charge in [-0.15, -0.1) is 21.5 Å². The number of aromatic nitrogens is 4. The minimum atomic E-state index is -1.19. The second kappa shape index (κ2) is 9.51. The van der Waals surface area contributed by atoms with Gasteiger partial charge in [0.15, 0.2) is 0 Å². The van der Waals surface area contributed by atoms with E-state index in [-0.39, 0.29) is 29.2 Å². The fraction of sp³-hybridized carbons (Fsp3) is 0.519. The highest BCUT2D eigenvalue weighted by molar-refractivity contribution is 7.84. The standard InChI is InChI=1S/C27H31N7O3S2/c1-39(37)21-4-2-3-20(30-21)31-26-33-29-14-34(26)16-7-8-19-17(11-16)22(24(36)28-13-15-5-6-15)25(38-19)32-23(35)18-12-27(18)9-10-27/h2-4,14-16,18H,5-13H2,1H3,(H,28,36)(H,32,35)(H,30,31,33). The Morgan fingerprint density at radius 2 is 2.08 bits per heavy atom. The van der Waals surface area contributed by atoms with Crippen molar-refractivity contribution in [3.63, 3.8) is 0 Å². The summed E-state index contributed by atoms with van der Waals surface area (Å²) < 4.78 is 13.9. The maximum absolute atomic E-state index is 13.5. The predicted octanol–water partition coefficient (Wildman–Crippen LogP) is 3.82. The van der Waals surface area contributed by atoms with Gasteiger partial charge in [0.25, 0.3) is 5.91 Å². The molecule has 39 heavy (non-hydrogen) atoms. The van der Waals surface area contributed by atoms with Gasteiger partial charge < -0.3 is 16.0 Å². The van der Waals surface area contributed by atoms with Crippen molar-refractivity contribution >= 4 is 50.7 Å². The molecular formula is C27H31N7O3S2. The Bertz CT molecular complexity index is 1490. The smallest absolute Gasteiger partial charge is 0.254 e. The maximum Gasteiger partial charge on any atom is 0.254 e. The quantitative estimate of drug-likeness (QED) is 0.359. The van der Waals surface area contributed by atoms with Gasteiger partial charge in [0, 0.05) is 29.6 Å². The molecule has 3 saturated carbocycles. The van der Waals surface area contributed by atoms with E-state index in [1.54, 1.807) is 42.1 Å². The first-order valence-corrected chi connectivity index (χ1v) is 16.0. The number of fused-ring (bicyclic) bond motifs is 1. The lowest BCUT2D eigenvalue weighted by molar-refractivity contribution is -0.117. The van der Waals surface area contributed by atoms with E-state index >= 15 is 0 Å². The third-order valence-electron chi connectivity index (χ3n) is 8.57. The lowest BCUT2D eigenvalue weighted by Crippen LogP contribution is -2.29. The number of carbonyl (C=O) groups is 2. The first-order valence-electron chi connectivity index (χ1n) is 13.6. The zero-order valence-electron chi connectivity index (χ0n) is 21.7. The van der Waals surface area contributed by atoms with Crippen LogP contribution in [0.4, 0.5) is 16.8 Å². The fourth-order valence-electron chi connectivity index (χ4n) is 5.77. The number of pyridine rings is 1. The van der Waals surface area contributed by atoms with Crippen LogP contribution >= 0.6 is 11.3 Å². The number of carbonyl (C=O) groups excluding carboxylic acids is 2. The summed E-state index contributed by atoms with van der Waals surface area (Å²) >= 11 is 1.56. The van der Waals surface area contributed by atoms with E-state index in [1.165, 1.54) is 0 Å². The molecule has 4 aliphatic rings. The summed E-state index contributed by atoms with van der Waals surface area (Å²) in [6.45, 7) is 0.681. The second-order valence-corrected chi connectivity index (χ2v) is 13.8. The summed E-state index contributed by atoms with van der Waals surface area (Å²) in [6.07, 6.45) is 11.2. The number of hydrogen-bond donors (Lipinski definition) is 3. The van der Waals surface area contributed by atoms with E-state index in [9.17, 15) is 13.8 Å². The summed E-state index contributed by atoms with van der Waals surface area (Å²) in [6, 6.07) is 5.37. The molecule has 3 aromatic rings. The van der Waals surface area contributed by atoms with Crippen LogP contribution in [0, 0.1) is 17.3 Å². The highest BCUT2D eigenvalue weighted by atomic mass is 32.2. The Morgan fingerprint density at radius 1 is 1.23 bits per heavy atom.